The second-order valence-corrected chi connectivity index (χ2v) is 8.12. The molecule has 8 nitrogen and oxygen atoms in total. The van der Waals surface area contributed by atoms with Crippen molar-refractivity contribution >= 4 is 32.5 Å². The van der Waals surface area contributed by atoms with Gasteiger partial charge in [0.15, 0.2) is 11.9 Å². The summed E-state index contributed by atoms with van der Waals surface area (Å²) < 4.78 is 22.0. The molecule has 28 heavy (non-hydrogen) atoms. The molecule has 0 aromatic carbocycles. The van der Waals surface area contributed by atoms with Crippen molar-refractivity contribution in [1.29, 1.82) is 0 Å². The normalized spacial score (nSPS) is 21.5. The molecule has 2 fully saturated rings. The van der Waals surface area contributed by atoms with Gasteiger partial charge in [-0.25, -0.2) is 9.20 Å². The van der Waals surface area contributed by atoms with Gasteiger partial charge in [0.2, 0.25) is 0 Å². The van der Waals surface area contributed by atoms with E-state index in [9.17, 15) is 0 Å². The molecule has 1 atom stereocenters. The van der Waals surface area contributed by atoms with E-state index in [0.717, 1.165) is 85.5 Å². The lowest BCUT2D eigenvalue weighted by Gasteiger charge is -2.26. The standard InChI is InChI=1S/C19H24BrN5O3/c20-16-11-14(27-10-6-23-4-8-26-9-5-23)13-24-18(16)15-12-21-25(19(15)22-24)17-3-1-2-7-28-17/h11-13,17H,1-10H2. The first-order valence-electron chi connectivity index (χ1n) is 9.89. The second kappa shape index (κ2) is 7.98. The molecule has 2 saturated heterocycles. The maximum absolute atomic E-state index is 6.00. The van der Waals surface area contributed by atoms with Gasteiger partial charge in [0, 0.05) is 30.7 Å². The quantitative estimate of drug-likeness (QED) is 0.596. The Labute approximate surface area is 171 Å². The highest BCUT2D eigenvalue weighted by Crippen LogP contribution is 2.32. The van der Waals surface area contributed by atoms with Crippen LogP contribution in [0.2, 0.25) is 0 Å². The predicted molar refractivity (Wildman–Crippen MR) is 108 cm³/mol. The van der Waals surface area contributed by atoms with Crippen LogP contribution in [0.25, 0.3) is 16.6 Å². The minimum Gasteiger partial charge on any atom is -0.491 e. The van der Waals surface area contributed by atoms with E-state index in [4.69, 9.17) is 19.3 Å². The summed E-state index contributed by atoms with van der Waals surface area (Å²) in [6, 6.07) is 2.00. The first-order valence-corrected chi connectivity index (χ1v) is 10.7. The van der Waals surface area contributed by atoms with Crippen LogP contribution in [0.15, 0.2) is 22.9 Å². The van der Waals surface area contributed by atoms with Gasteiger partial charge < -0.3 is 14.2 Å². The molecule has 3 aromatic heterocycles. The predicted octanol–water partition coefficient (Wildman–Crippen LogP) is 2.86. The smallest absolute Gasteiger partial charge is 0.183 e. The molecule has 150 valence electrons. The average molecular weight is 450 g/mol. The topological polar surface area (TPSA) is 66.0 Å². The molecule has 1 unspecified atom stereocenters. The molecule has 2 aliphatic heterocycles. The lowest BCUT2D eigenvalue weighted by Crippen LogP contribution is -2.38. The zero-order valence-electron chi connectivity index (χ0n) is 15.7. The van der Waals surface area contributed by atoms with Crippen molar-refractivity contribution in [3.8, 4) is 5.75 Å². The summed E-state index contributed by atoms with van der Waals surface area (Å²) >= 11 is 3.69. The molecule has 0 bridgehead atoms. The Bertz CT molecular complexity index is 959. The van der Waals surface area contributed by atoms with Crippen LogP contribution < -0.4 is 4.74 Å². The Kier molecular flexibility index (Phi) is 5.23. The molecule has 5 heterocycles. The van der Waals surface area contributed by atoms with Crippen molar-refractivity contribution in [2.45, 2.75) is 25.5 Å². The fraction of sp³-hybridized carbons (Fsp3) is 0.579. The third-order valence-electron chi connectivity index (χ3n) is 5.41. The van der Waals surface area contributed by atoms with E-state index < -0.39 is 0 Å². The van der Waals surface area contributed by atoms with Crippen LogP contribution in [0, 0.1) is 0 Å². The van der Waals surface area contributed by atoms with E-state index in [2.05, 4.69) is 25.9 Å². The zero-order valence-corrected chi connectivity index (χ0v) is 17.3. The molecule has 0 N–H and O–H groups in total. The van der Waals surface area contributed by atoms with Gasteiger partial charge in [0.1, 0.15) is 12.4 Å². The summed E-state index contributed by atoms with van der Waals surface area (Å²) in [5.74, 6) is 0.797. The summed E-state index contributed by atoms with van der Waals surface area (Å²) in [6.45, 7) is 5.87. The van der Waals surface area contributed by atoms with Crippen molar-refractivity contribution < 1.29 is 14.2 Å². The number of rotatable bonds is 5. The van der Waals surface area contributed by atoms with Crippen LogP contribution in [0.3, 0.4) is 0 Å². The van der Waals surface area contributed by atoms with Gasteiger partial charge in [0.05, 0.1) is 36.5 Å². The highest BCUT2D eigenvalue weighted by atomic mass is 79.9. The number of hydrogen-bond donors (Lipinski definition) is 0. The van der Waals surface area contributed by atoms with Gasteiger partial charge in [-0.3, -0.25) is 4.90 Å². The highest BCUT2D eigenvalue weighted by molar-refractivity contribution is 9.10. The molecule has 0 radical (unpaired) electrons. The fourth-order valence-corrected chi connectivity index (χ4v) is 4.53. The number of aromatic nitrogens is 4. The van der Waals surface area contributed by atoms with Gasteiger partial charge in [-0.05, 0) is 41.3 Å². The molecule has 0 saturated carbocycles. The van der Waals surface area contributed by atoms with Gasteiger partial charge in [-0.15, -0.1) is 5.10 Å². The molecule has 5 rings (SSSR count). The monoisotopic (exact) mass is 449 g/mol. The minimum atomic E-state index is -0.0285. The number of nitrogens with zero attached hydrogens (tertiary/aromatic N) is 5. The van der Waals surface area contributed by atoms with Crippen LogP contribution in [0.5, 0.6) is 5.75 Å². The van der Waals surface area contributed by atoms with Crippen molar-refractivity contribution in [3.63, 3.8) is 0 Å². The van der Waals surface area contributed by atoms with Crippen molar-refractivity contribution in [2.75, 3.05) is 46.1 Å². The minimum absolute atomic E-state index is 0.0285. The summed E-state index contributed by atoms with van der Waals surface area (Å²) in [4.78, 5) is 2.36. The lowest BCUT2D eigenvalue weighted by atomic mass is 10.2. The van der Waals surface area contributed by atoms with E-state index in [0.29, 0.717) is 6.61 Å². The van der Waals surface area contributed by atoms with Gasteiger partial charge in [0.25, 0.3) is 0 Å². The van der Waals surface area contributed by atoms with E-state index in [1.54, 1.807) is 0 Å². The van der Waals surface area contributed by atoms with Crippen LogP contribution >= 0.6 is 15.9 Å². The van der Waals surface area contributed by atoms with Crippen LogP contribution in [-0.2, 0) is 9.47 Å². The summed E-state index contributed by atoms with van der Waals surface area (Å²) in [6.07, 6.45) is 7.03. The van der Waals surface area contributed by atoms with E-state index in [1.807, 2.05) is 27.7 Å². The van der Waals surface area contributed by atoms with Gasteiger partial charge in [-0.1, -0.05) is 0 Å². The Morgan fingerprint density at radius 2 is 2.11 bits per heavy atom. The van der Waals surface area contributed by atoms with Gasteiger partial charge >= 0.3 is 0 Å². The lowest BCUT2D eigenvalue weighted by molar-refractivity contribution is -0.0370. The summed E-state index contributed by atoms with van der Waals surface area (Å²) in [5, 5.41) is 10.3. The zero-order chi connectivity index (χ0) is 18.9. The molecule has 3 aromatic rings. The highest BCUT2D eigenvalue weighted by Gasteiger charge is 2.22. The molecule has 0 spiro atoms. The first-order chi connectivity index (χ1) is 13.8. The number of hydrogen-bond acceptors (Lipinski definition) is 6. The SMILES string of the molecule is Brc1cc(OCCN2CCOCC2)cn2nc3c(cnn3C3CCCCO3)c12. The van der Waals surface area contributed by atoms with Crippen LogP contribution in [0.4, 0.5) is 0 Å². The summed E-state index contributed by atoms with van der Waals surface area (Å²) in [5.41, 5.74) is 1.84. The van der Waals surface area contributed by atoms with Crippen LogP contribution in [0.1, 0.15) is 25.5 Å². The van der Waals surface area contributed by atoms with E-state index in [1.165, 1.54) is 0 Å². The number of halogens is 1. The van der Waals surface area contributed by atoms with E-state index >= 15 is 0 Å². The fourth-order valence-electron chi connectivity index (χ4n) is 3.90. The molecule has 0 aliphatic carbocycles. The Morgan fingerprint density at radius 3 is 2.93 bits per heavy atom. The number of fused-ring (bicyclic) bond motifs is 3. The van der Waals surface area contributed by atoms with E-state index in [-0.39, 0.29) is 6.23 Å². The summed E-state index contributed by atoms with van der Waals surface area (Å²) in [7, 11) is 0. The third kappa shape index (κ3) is 3.52. The Balaban J connectivity index is 1.37. The molecule has 9 heteroatoms. The first kappa shape index (κ1) is 18.4. The van der Waals surface area contributed by atoms with Crippen molar-refractivity contribution in [3.05, 3.63) is 22.9 Å². The Morgan fingerprint density at radius 1 is 1.21 bits per heavy atom. The molecule has 0 amide bonds. The maximum Gasteiger partial charge on any atom is 0.183 e. The number of pyridine rings is 1. The average Bonchev–Trinajstić information content (AvgIpc) is 3.28. The molecular weight excluding hydrogens is 426 g/mol. The largest absolute Gasteiger partial charge is 0.491 e. The number of morpholine rings is 1. The third-order valence-corrected chi connectivity index (χ3v) is 6.01. The molecular formula is C19H24BrN5O3. The Hall–Kier alpha value is -1.68. The second-order valence-electron chi connectivity index (χ2n) is 7.27. The van der Waals surface area contributed by atoms with Crippen molar-refractivity contribution in [1.82, 2.24) is 24.3 Å². The molecule has 2 aliphatic rings. The number of ether oxygens (including phenoxy) is 3. The van der Waals surface area contributed by atoms with Crippen molar-refractivity contribution in [2.24, 2.45) is 0 Å². The van der Waals surface area contributed by atoms with Crippen LogP contribution in [-0.4, -0.2) is 70.4 Å². The maximum atomic E-state index is 6.00. The van der Waals surface area contributed by atoms with Gasteiger partial charge in [-0.2, -0.15) is 5.10 Å².